The van der Waals surface area contributed by atoms with Crippen LogP contribution in [-0.2, 0) is 0 Å². The average Bonchev–Trinajstić information content (AvgIpc) is 1.88. The van der Waals surface area contributed by atoms with Crippen molar-refractivity contribution in [3.05, 3.63) is 23.8 Å². The van der Waals surface area contributed by atoms with Crippen molar-refractivity contribution >= 4 is 0 Å². The molecule has 1 nitrogen and oxygen atoms in total. The number of rotatable bonds is 0. The van der Waals surface area contributed by atoms with Gasteiger partial charge in [0.05, 0.1) is 11.5 Å². The first kappa shape index (κ1) is 7.08. The van der Waals surface area contributed by atoms with Crippen molar-refractivity contribution in [1.29, 1.82) is 5.26 Å². The smallest absolute Gasteiger partial charge is 0.0765 e. The predicted molar refractivity (Wildman–Crippen MR) is 41.2 cm³/mol. The molecule has 0 fully saturated rings. The SMILES string of the molecule is CC1=CC=CC(C)(C#N)C1. The predicted octanol–water partition coefficient (Wildman–Crippen LogP) is 2.42. The molecule has 0 N–H and O–H groups in total. The summed E-state index contributed by atoms with van der Waals surface area (Å²) in [4.78, 5) is 0. The van der Waals surface area contributed by atoms with Crippen LogP contribution in [0.2, 0.25) is 0 Å². The fourth-order valence-electron chi connectivity index (χ4n) is 1.20. The van der Waals surface area contributed by atoms with Crippen LogP contribution in [0, 0.1) is 16.7 Å². The summed E-state index contributed by atoms with van der Waals surface area (Å²) >= 11 is 0. The van der Waals surface area contributed by atoms with Gasteiger partial charge in [-0.25, -0.2) is 0 Å². The van der Waals surface area contributed by atoms with Crippen molar-refractivity contribution in [2.45, 2.75) is 20.3 Å². The van der Waals surface area contributed by atoms with Gasteiger partial charge in [-0.05, 0) is 20.3 Å². The van der Waals surface area contributed by atoms with Crippen molar-refractivity contribution in [2.75, 3.05) is 0 Å². The number of hydrogen-bond donors (Lipinski definition) is 0. The molecule has 0 bridgehead atoms. The second-order valence-electron chi connectivity index (χ2n) is 3.08. The molecular formula is C9H11N. The summed E-state index contributed by atoms with van der Waals surface area (Å²) in [5, 5.41) is 8.74. The van der Waals surface area contributed by atoms with Crippen molar-refractivity contribution in [2.24, 2.45) is 5.41 Å². The van der Waals surface area contributed by atoms with Crippen LogP contribution in [0.1, 0.15) is 20.3 Å². The fourth-order valence-corrected chi connectivity index (χ4v) is 1.20. The Bertz CT molecular complexity index is 230. The van der Waals surface area contributed by atoms with Crippen LogP contribution in [0.25, 0.3) is 0 Å². The molecule has 0 radical (unpaired) electrons. The van der Waals surface area contributed by atoms with Crippen LogP contribution in [0.15, 0.2) is 23.8 Å². The van der Waals surface area contributed by atoms with Crippen LogP contribution in [0.4, 0.5) is 0 Å². The summed E-state index contributed by atoms with van der Waals surface area (Å²) in [7, 11) is 0. The lowest BCUT2D eigenvalue weighted by Gasteiger charge is -2.19. The van der Waals surface area contributed by atoms with Gasteiger partial charge in [-0.1, -0.05) is 23.8 Å². The molecule has 0 spiro atoms. The number of nitriles is 1. The van der Waals surface area contributed by atoms with E-state index in [1.165, 1.54) is 5.57 Å². The number of nitrogens with zero attached hydrogens (tertiary/aromatic N) is 1. The van der Waals surface area contributed by atoms with E-state index >= 15 is 0 Å². The zero-order chi connectivity index (χ0) is 7.61. The van der Waals surface area contributed by atoms with Gasteiger partial charge >= 0.3 is 0 Å². The minimum absolute atomic E-state index is 0.251. The Balaban J connectivity index is 2.84. The van der Waals surface area contributed by atoms with E-state index in [4.69, 9.17) is 5.26 Å². The molecule has 0 amide bonds. The highest BCUT2D eigenvalue weighted by Gasteiger charge is 2.21. The zero-order valence-corrected chi connectivity index (χ0v) is 6.39. The van der Waals surface area contributed by atoms with E-state index in [1.54, 1.807) is 0 Å². The second-order valence-corrected chi connectivity index (χ2v) is 3.08. The Morgan fingerprint density at radius 1 is 1.70 bits per heavy atom. The summed E-state index contributed by atoms with van der Waals surface area (Å²) < 4.78 is 0. The first-order chi connectivity index (χ1) is 4.66. The maximum atomic E-state index is 8.74. The van der Waals surface area contributed by atoms with Gasteiger partial charge in [0, 0.05) is 0 Å². The standard InChI is InChI=1S/C9H11N/c1-8-4-3-5-9(2,6-8)7-10/h3-5H,6H2,1-2H3. The fraction of sp³-hybridized carbons (Fsp3) is 0.444. The van der Waals surface area contributed by atoms with E-state index in [1.807, 2.05) is 19.1 Å². The lowest BCUT2D eigenvalue weighted by atomic mass is 9.82. The molecule has 0 saturated carbocycles. The maximum absolute atomic E-state index is 8.74. The van der Waals surface area contributed by atoms with E-state index in [0.29, 0.717) is 0 Å². The van der Waals surface area contributed by atoms with Gasteiger partial charge in [-0.2, -0.15) is 5.26 Å². The summed E-state index contributed by atoms with van der Waals surface area (Å²) in [6.45, 7) is 4.01. The van der Waals surface area contributed by atoms with Crippen molar-refractivity contribution in [3.63, 3.8) is 0 Å². The molecule has 1 heteroatoms. The molecule has 10 heavy (non-hydrogen) atoms. The van der Waals surface area contributed by atoms with Crippen LogP contribution in [0.5, 0.6) is 0 Å². The number of hydrogen-bond acceptors (Lipinski definition) is 1. The van der Waals surface area contributed by atoms with Crippen molar-refractivity contribution < 1.29 is 0 Å². The summed E-state index contributed by atoms with van der Waals surface area (Å²) in [5.74, 6) is 0. The van der Waals surface area contributed by atoms with Crippen LogP contribution >= 0.6 is 0 Å². The monoisotopic (exact) mass is 133 g/mol. The maximum Gasteiger partial charge on any atom is 0.0765 e. The van der Waals surface area contributed by atoms with E-state index in [9.17, 15) is 0 Å². The van der Waals surface area contributed by atoms with Gasteiger partial charge in [0.25, 0.3) is 0 Å². The molecule has 1 aliphatic rings. The minimum atomic E-state index is -0.251. The minimum Gasteiger partial charge on any atom is -0.197 e. The van der Waals surface area contributed by atoms with Gasteiger partial charge in [0.2, 0.25) is 0 Å². The third-order valence-electron chi connectivity index (χ3n) is 1.75. The molecule has 52 valence electrons. The van der Waals surface area contributed by atoms with Gasteiger partial charge in [0.1, 0.15) is 0 Å². The Kier molecular flexibility index (Phi) is 1.63. The molecule has 0 heterocycles. The van der Waals surface area contributed by atoms with Gasteiger partial charge in [-0.3, -0.25) is 0 Å². The van der Waals surface area contributed by atoms with Crippen molar-refractivity contribution in [1.82, 2.24) is 0 Å². The molecule has 1 aliphatic carbocycles. The topological polar surface area (TPSA) is 23.8 Å². The Hall–Kier alpha value is -1.03. The van der Waals surface area contributed by atoms with E-state index in [0.717, 1.165) is 6.42 Å². The van der Waals surface area contributed by atoms with E-state index < -0.39 is 0 Å². The van der Waals surface area contributed by atoms with Crippen LogP contribution in [-0.4, -0.2) is 0 Å². The first-order valence-electron chi connectivity index (χ1n) is 3.42. The van der Waals surface area contributed by atoms with Gasteiger partial charge in [0.15, 0.2) is 0 Å². The van der Waals surface area contributed by atoms with E-state index in [2.05, 4.69) is 19.1 Å². The highest BCUT2D eigenvalue weighted by atomic mass is 14.3. The molecule has 0 aromatic rings. The van der Waals surface area contributed by atoms with Crippen LogP contribution in [0.3, 0.4) is 0 Å². The van der Waals surface area contributed by atoms with Gasteiger partial charge in [-0.15, -0.1) is 0 Å². The Labute approximate surface area is 61.7 Å². The average molecular weight is 133 g/mol. The highest BCUT2D eigenvalue weighted by Crippen LogP contribution is 2.29. The van der Waals surface area contributed by atoms with Crippen LogP contribution < -0.4 is 0 Å². The lowest BCUT2D eigenvalue weighted by molar-refractivity contribution is 0.555. The summed E-state index contributed by atoms with van der Waals surface area (Å²) in [6.07, 6.45) is 6.85. The molecule has 0 aromatic carbocycles. The Morgan fingerprint density at radius 3 is 2.80 bits per heavy atom. The summed E-state index contributed by atoms with van der Waals surface area (Å²) in [5.41, 5.74) is 1.03. The molecule has 0 saturated heterocycles. The lowest BCUT2D eigenvalue weighted by Crippen LogP contribution is -2.12. The number of allylic oxidation sites excluding steroid dienone is 4. The summed E-state index contributed by atoms with van der Waals surface area (Å²) in [6, 6.07) is 2.28. The third kappa shape index (κ3) is 1.27. The molecule has 1 rings (SSSR count). The normalized spacial score (nSPS) is 31.1. The molecule has 0 aromatic heterocycles. The molecule has 0 aliphatic heterocycles. The van der Waals surface area contributed by atoms with Crippen molar-refractivity contribution in [3.8, 4) is 6.07 Å². The Morgan fingerprint density at radius 2 is 2.40 bits per heavy atom. The third-order valence-corrected chi connectivity index (χ3v) is 1.75. The quantitative estimate of drug-likeness (QED) is 0.498. The second kappa shape index (κ2) is 2.30. The van der Waals surface area contributed by atoms with Gasteiger partial charge < -0.3 is 0 Å². The largest absolute Gasteiger partial charge is 0.197 e. The van der Waals surface area contributed by atoms with E-state index in [-0.39, 0.29) is 5.41 Å². The molecule has 1 unspecified atom stereocenters. The molecular weight excluding hydrogens is 122 g/mol. The molecule has 1 atom stereocenters. The first-order valence-corrected chi connectivity index (χ1v) is 3.42. The highest BCUT2D eigenvalue weighted by molar-refractivity contribution is 5.26. The zero-order valence-electron chi connectivity index (χ0n) is 6.39.